The van der Waals surface area contributed by atoms with Gasteiger partial charge in [0.2, 0.25) is 0 Å². The Morgan fingerprint density at radius 3 is 1.42 bits per heavy atom. The maximum absolute atomic E-state index is 3.72. The second kappa shape index (κ2) is 9.38. The molecule has 0 saturated carbocycles. The Morgan fingerprint density at radius 2 is 0.972 bits per heavy atom. The van der Waals surface area contributed by atoms with E-state index >= 15 is 0 Å². The molecule has 0 radical (unpaired) electrons. The summed E-state index contributed by atoms with van der Waals surface area (Å²) in [5.41, 5.74) is 12.3. The van der Waals surface area contributed by atoms with E-state index in [-0.39, 0.29) is 0 Å². The monoisotopic (exact) mass is 564 g/mol. The number of hydrogen-bond acceptors (Lipinski definition) is 0. The van der Waals surface area contributed by atoms with Crippen molar-refractivity contribution >= 4 is 13.4 Å². The third-order valence-electron chi connectivity index (χ3n) is 9.38. The van der Waals surface area contributed by atoms with E-state index in [0.717, 1.165) is 12.8 Å². The fourth-order valence-corrected chi connectivity index (χ4v) is 32.0. The first-order valence-electron chi connectivity index (χ1n) is 14.0. The topological polar surface area (TPSA) is 0 Å². The summed E-state index contributed by atoms with van der Waals surface area (Å²) in [6.07, 6.45) is 7.45. The summed E-state index contributed by atoms with van der Waals surface area (Å²) in [6, 6.07) is 33.1. The first-order valence-corrected chi connectivity index (χ1v) is 25.9. The molecule has 2 heteroatoms. The van der Waals surface area contributed by atoms with Gasteiger partial charge in [-0.05, 0) is 0 Å². The van der Waals surface area contributed by atoms with Gasteiger partial charge in [0, 0.05) is 0 Å². The zero-order valence-electron chi connectivity index (χ0n) is 21.9. The molecule has 0 bridgehead atoms. The van der Waals surface area contributed by atoms with Crippen LogP contribution in [0.25, 0.3) is 22.3 Å². The van der Waals surface area contributed by atoms with Crippen molar-refractivity contribution < 1.29 is 17.4 Å². The van der Waals surface area contributed by atoms with Gasteiger partial charge in [-0.25, -0.2) is 0 Å². The fourth-order valence-electron chi connectivity index (χ4n) is 7.56. The molecular weight excluding hydrogens is 528 g/mol. The van der Waals surface area contributed by atoms with Crippen LogP contribution in [0.5, 0.6) is 0 Å². The molecule has 0 fully saturated rings. The number of rotatable bonds is 8. The second-order valence-corrected chi connectivity index (χ2v) is 36.2. The van der Waals surface area contributed by atoms with Crippen LogP contribution in [0.3, 0.4) is 0 Å². The molecule has 0 saturated heterocycles. The molecule has 4 aromatic rings. The molecule has 182 valence electrons. The molecule has 2 aliphatic carbocycles. The molecule has 6 rings (SSSR count). The Balaban J connectivity index is 1.65. The van der Waals surface area contributed by atoms with Crippen molar-refractivity contribution in [3.8, 4) is 22.3 Å². The molecule has 0 aliphatic heterocycles. The van der Waals surface area contributed by atoms with E-state index in [1.54, 1.807) is 17.7 Å². The zero-order chi connectivity index (χ0) is 24.8. The Bertz CT molecular complexity index is 1410. The summed E-state index contributed by atoms with van der Waals surface area (Å²) in [5.74, 6) is 0. The van der Waals surface area contributed by atoms with Gasteiger partial charge in [0.15, 0.2) is 0 Å². The molecule has 0 nitrogen and oxygen atoms in total. The van der Waals surface area contributed by atoms with Crippen LogP contribution in [0, 0.1) is 0 Å². The zero-order valence-corrected chi connectivity index (χ0v) is 25.8. The number of fused-ring (bicyclic) bond motifs is 6. The first-order chi connectivity index (χ1) is 17.6. The van der Waals surface area contributed by atoms with E-state index in [4.69, 9.17) is 0 Å². The molecule has 0 N–H and O–H groups in total. The van der Waals surface area contributed by atoms with Crippen molar-refractivity contribution in [3.63, 3.8) is 0 Å². The van der Waals surface area contributed by atoms with Crippen LogP contribution in [0.15, 0.2) is 84.9 Å². The first kappa shape index (κ1) is 24.3. The molecule has 2 aliphatic rings. The van der Waals surface area contributed by atoms with E-state index < -0.39 is 17.4 Å². The van der Waals surface area contributed by atoms with Gasteiger partial charge in [-0.15, -0.1) is 0 Å². The number of unbranched alkanes of at least 4 members (excludes halogenated alkanes) is 2. The van der Waals surface area contributed by atoms with Gasteiger partial charge in [-0.1, -0.05) is 0 Å². The van der Waals surface area contributed by atoms with Gasteiger partial charge < -0.3 is 0 Å². The molecule has 0 heterocycles. The molecule has 0 unspecified atom stereocenters. The maximum atomic E-state index is 2.59. The van der Waals surface area contributed by atoms with Gasteiger partial charge in [0.25, 0.3) is 0 Å². The van der Waals surface area contributed by atoms with E-state index in [9.17, 15) is 0 Å². The van der Waals surface area contributed by atoms with Crippen molar-refractivity contribution in [3.05, 3.63) is 107 Å². The van der Waals surface area contributed by atoms with Crippen LogP contribution in [0.2, 0.25) is 8.26 Å². The second-order valence-electron chi connectivity index (χ2n) is 11.5. The quantitative estimate of drug-likeness (QED) is 0.168. The minimum atomic E-state index is -3.72. The summed E-state index contributed by atoms with van der Waals surface area (Å²) in [5, 5.41) is 0. The molecular formula is C34H38SiZr. The van der Waals surface area contributed by atoms with Gasteiger partial charge >= 0.3 is 221 Å². The summed E-state index contributed by atoms with van der Waals surface area (Å²) in [6.45, 7) is 7.32. The summed E-state index contributed by atoms with van der Waals surface area (Å²) >= 11 is -3.72. The van der Waals surface area contributed by atoms with Crippen molar-refractivity contribution in [1.29, 1.82) is 0 Å². The fraction of sp³-hybridized carbons (Fsp3) is 0.294. The molecule has 36 heavy (non-hydrogen) atoms. The molecule has 0 aromatic heterocycles. The Kier molecular flexibility index (Phi) is 6.33. The van der Waals surface area contributed by atoms with Crippen molar-refractivity contribution in [2.75, 3.05) is 0 Å². The average Bonchev–Trinajstić information content (AvgIpc) is 3.49. The molecule has 0 spiro atoms. The van der Waals surface area contributed by atoms with Crippen molar-refractivity contribution in [2.45, 2.75) is 60.6 Å². The van der Waals surface area contributed by atoms with Gasteiger partial charge in [0.1, 0.15) is 0 Å². The Labute approximate surface area is 219 Å². The SMILES string of the molecule is CCC[CH2][Zr](=[SiH2])([CH2]CCC)([c]1cccc2c1Cc1ccccc1-2)[c]1cccc2c1Cc1ccccc1-2. The van der Waals surface area contributed by atoms with Crippen LogP contribution < -0.4 is 6.54 Å². The van der Waals surface area contributed by atoms with E-state index in [2.05, 4.69) is 106 Å². The molecule has 4 aromatic carbocycles. The predicted octanol–water partition coefficient (Wildman–Crippen LogP) is 7.45. The van der Waals surface area contributed by atoms with Crippen LogP contribution in [-0.4, -0.2) is 6.88 Å². The minimum absolute atomic E-state index is 1.11. The van der Waals surface area contributed by atoms with Crippen LogP contribution >= 0.6 is 0 Å². The normalized spacial score (nSPS) is 13.8. The standard InChI is InChI=1S/2C13H9.2C4H9.H2Si.Zr/c2*1-3-7-12-10(5-1)9-11-6-2-4-8-13(11)12;2*1-3-4-2;;/h2*1-5,7-8H,9H2;2*1,3-4H2,2H3;1H2;. The van der Waals surface area contributed by atoms with Crippen molar-refractivity contribution in [2.24, 2.45) is 0 Å². The summed E-state index contributed by atoms with van der Waals surface area (Å²) in [7, 11) is 0. The average molecular weight is 566 g/mol. The molecule has 0 atom stereocenters. The van der Waals surface area contributed by atoms with E-state index in [1.807, 2.05) is 0 Å². The van der Waals surface area contributed by atoms with Gasteiger partial charge in [0.05, 0.1) is 0 Å². The summed E-state index contributed by atoms with van der Waals surface area (Å²) in [4.78, 5) is 0. The van der Waals surface area contributed by atoms with Crippen LogP contribution in [-0.2, 0) is 30.2 Å². The van der Waals surface area contributed by atoms with Gasteiger partial charge in [-0.3, -0.25) is 0 Å². The van der Waals surface area contributed by atoms with Crippen LogP contribution in [0.1, 0.15) is 61.8 Å². The third-order valence-corrected chi connectivity index (χ3v) is 35.0. The van der Waals surface area contributed by atoms with E-state index in [1.165, 1.54) is 67.3 Å². The van der Waals surface area contributed by atoms with Crippen molar-refractivity contribution in [1.82, 2.24) is 0 Å². The van der Waals surface area contributed by atoms with Gasteiger partial charge in [-0.2, -0.15) is 0 Å². The Morgan fingerprint density at radius 1 is 0.556 bits per heavy atom. The third kappa shape index (κ3) is 3.63. The molecule has 0 amide bonds. The van der Waals surface area contributed by atoms with Crippen LogP contribution in [0.4, 0.5) is 0 Å². The summed E-state index contributed by atoms with van der Waals surface area (Å²) < 4.78 is 6.43. The predicted molar refractivity (Wildman–Crippen MR) is 157 cm³/mol. The van der Waals surface area contributed by atoms with E-state index in [0.29, 0.717) is 0 Å². The number of benzene rings is 4. The number of hydrogen-bond donors (Lipinski definition) is 0. The Hall–Kier alpha value is -2.02.